The highest BCUT2D eigenvalue weighted by Crippen LogP contribution is 2.31. The summed E-state index contributed by atoms with van der Waals surface area (Å²) in [6.07, 6.45) is 2.62. The van der Waals surface area contributed by atoms with E-state index in [9.17, 15) is 13.2 Å². The lowest BCUT2D eigenvalue weighted by molar-refractivity contribution is 0.0698. The maximum atomic E-state index is 12.3. The molecule has 0 amide bonds. The highest BCUT2D eigenvalue weighted by Gasteiger charge is 2.31. The SMILES string of the molecule is CCSC1CCC(NS(=O)(=O)c2ccsc2C(=O)O)C1. The Balaban J connectivity index is 2.08. The third-order valence-corrected chi connectivity index (χ3v) is 7.05. The molecular formula is C12H17NO4S3. The molecule has 8 heteroatoms. The molecule has 2 N–H and O–H groups in total. The molecule has 0 radical (unpaired) electrons. The van der Waals surface area contributed by atoms with Crippen LogP contribution in [0.2, 0.25) is 0 Å². The second-order valence-electron chi connectivity index (χ2n) is 4.63. The predicted molar refractivity (Wildman–Crippen MR) is 81.2 cm³/mol. The first-order valence-electron chi connectivity index (χ1n) is 6.38. The van der Waals surface area contributed by atoms with Crippen molar-refractivity contribution in [2.24, 2.45) is 0 Å². The van der Waals surface area contributed by atoms with E-state index in [1.165, 1.54) is 11.4 Å². The van der Waals surface area contributed by atoms with E-state index in [0.717, 1.165) is 36.4 Å². The fourth-order valence-electron chi connectivity index (χ4n) is 2.38. The Morgan fingerprint density at radius 1 is 1.55 bits per heavy atom. The standard InChI is InChI=1S/C12H17NO4S3/c1-2-18-9-4-3-8(7-9)13-20(16,17)10-5-6-19-11(10)12(14)15/h5-6,8-9,13H,2-4,7H2,1H3,(H,14,15). The predicted octanol–water partition coefficient (Wildman–Crippen LogP) is 2.40. The van der Waals surface area contributed by atoms with Crippen LogP contribution in [0.1, 0.15) is 35.9 Å². The molecule has 1 aromatic heterocycles. The lowest BCUT2D eigenvalue weighted by Crippen LogP contribution is -2.33. The van der Waals surface area contributed by atoms with Crippen molar-refractivity contribution < 1.29 is 18.3 Å². The van der Waals surface area contributed by atoms with Gasteiger partial charge in [0.2, 0.25) is 10.0 Å². The van der Waals surface area contributed by atoms with Crippen molar-refractivity contribution in [3.63, 3.8) is 0 Å². The van der Waals surface area contributed by atoms with Gasteiger partial charge in [-0.05, 0) is 36.5 Å². The van der Waals surface area contributed by atoms with Gasteiger partial charge in [-0.15, -0.1) is 11.3 Å². The number of carboxylic acid groups (broad SMARTS) is 1. The van der Waals surface area contributed by atoms with Gasteiger partial charge in [-0.1, -0.05) is 6.92 Å². The van der Waals surface area contributed by atoms with E-state index < -0.39 is 16.0 Å². The Labute approximate surface area is 126 Å². The van der Waals surface area contributed by atoms with Crippen molar-refractivity contribution in [1.82, 2.24) is 4.72 Å². The van der Waals surface area contributed by atoms with Gasteiger partial charge in [0.1, 0.15) is 9.77 Å². The first-order chi connectivity index (χ1) is 9.44. The van der Waals surface area contributed by atoms with Crippen LogP contribution in [0, 0.1) is 0 Å². The first kappa shape index (κ1) is 15.8. The number of nitrogens with one attached hydrogen (secondary N) is 1. The normalized spacial score (nSPS) is 23.1. The van der Waals surface area contributed by atoms with E-state index in [-0.39, 0.29) is 15.8 Å². The van der Waals surface area contributed by atoms with E-state index in [2.05, 4.69) is 11.6 Å². The molecule has 1 saturated carbocycles. The molecule has 0 saturated heterocycles. The van der Waals surface area contributed by atoms with Crippen molar-refractivity contribution in [3.8, 4) is 0 Å². The summed E-state index contributed by atoms with van der Waals surface area (Å²) in [6, 6.07) is 1.26. The zero-order valence-electron chi connectivity index (χ0n) is 11.0. The van der Waals surface area contributed by atoms with Crippen LogP contribution in [0.25, 0.3) is 0 Å². The van der Waals surface area contributed by atoms with Crippen LogP contribution in [0.4, 0.5) is 0 Å². The van der Waals surface area contributed by atoms with Crippen LogP contribution in [-0.2, 0) is 10.0 Å². The lowest BCUT2D eigenvalue weighted by atomic mass is 10.3. The van der Waals surface area contributed by atoms with Crippen LogP contribution < -0.4 is 4.72 Å². The number of rotatable bonds is 6. The molecule has 5 nitrogen and oxygen atoms in total. The molecule has 0 aliphatic heterocycles. The van der Waals surface area contributed by atoms with Crippen molar-refractivity contribution in [2.75, 3.05) is 5.75 Å². The average molecular weight is 335 g/mol. The summed E-state index contributed by atoms with van der Waals surface area (Å²) in [5, 5.41) is 11.0. The van der Waals surface area contributed by atoms with Crippen LogP contribution >= 0.6 is 23.1 Å². The third kappa shape index (κ3) is 3.55. The van der Waals surface area contributed by atoms with Gasteiger partial charge in [0.15, 0.2) is 0 Å². The molecule has 1 aliphatic rings. The molecule has 112 valence electrons. The highest BCUT2D eigenvalue weighted by molar-refractivity contribution is 7.99. The fraction of sp³-hybridized carbons (Fsp3) is 0.583. The van der Waals surface area contributed by atoms with E-state index in [4.69, 9.17) is 5.11 Å². The summed E-state index contributed by atoms with van der Waals surface area (Å²) in [4.78, 5) is 10.8. The van der Waals surface area contributed by atoms with E-state index in [1.54, 1.807) is 0 Å². The quantitative estimate of drug-likeness (QED) is 0.834. The molecule has 0 spiro atoms. The number of thioether (sulfide) groups is 1. The molecule has 20 heavy (non-hydrogen) atoms. The Kier molecular flexibility index (Phi) is 5.11. The van der Waals surface area contributed by atoms with Crippen LogP contribution in [0.3, 0.4) is 0 Å². The average Bonchev–Trinajstić information content (AvgIpc) is 2.98. The van der Waals surface area contributed by atoms with Crippen LogP contribution in [-0.4, -0.2) is 36.5 Å². The minimum Gasteiger partial charge on any atom is -0.477 e. The number of thiophene rings is 1. The number of hydrogen-bond donors (Lipinski definition) is 2. The lowest BCUT2D eigenvalue weighted by Gasteiger charge is -2.13. The topological polar surface area (TPSA) is 83.5 Å². The van der Waals surface area contributed by atoms with Gasteiger partial charge >= 0.3 is 5.97 Å². The molecular weight excluding hydrogens is 318 g/mol. The summed E-state index contributed by atoms with van der Waals surface area (Å²) in [5.41, 5.74) is 0. The molecule has 1 heterocycles. The molecule has 0 bridgehead atoms. The molecule has 2 rings (SSSR count). The van der Waals surface area contributed by atoms with Crippen molar-refractivity contribution in [1.29, 1.82) is 0 Å². The monoisotopic (exact) mass is 335 g/mol. The number of carboxylic acids is 1. The smallest absolute Gasteiger partial charge is 0.347 e. The Bertz CT molecular complexity index is 581. The van der Waals surface area contributed by atoms with Gasteiger partial charge in [-0.3, -0.25) is 0 Å². The molecule has 0 aromatic carbocycles. The summed E-state index contributed by atoms with van der Waals surface area (Å²) in [7, 11) is -3.74. The highest BCUT2D eigenvalue weighted by atomic mass is 32.2. The van der Waals surface area contributed by atoms with E-state index in [0.29, 0.717) is 5.25 Å². The van der Waals surface area contributed by atoms with Crippen molar-refractivity contribution in [3.05, 3.63) is 16.3 Å². The van der Waals surface area contributed by atoms with Crippen LogP contribution in [0.5, 0.6) is 0 Å². The summed E-state index contributed by atoms with van der Waals surface area (Å²) >= 11 is 2.78. The van der Waals surface area contributed by atoms with Crippen molar-refractivity contribution >= 4 is 39.1 Å². The van der Waals surface area contributed by atoms with Gasteiger partial charge in [0.25, 0.3) is 0 Å². The zero-order valence-corrected chi connectivity index (χ0v) is 13.5. The Morgan fingerprint density at radius 2 is 2.30 bits per heavy atom. The van der Waals surface area contributed by atoms with Gasteiger partial charge in [0, 0.05) is 11.3 Å². The zero-order chi connectivity index (χ0) is 14.8. The van der Waals surface area contributed by atoms with Crippen molar-refractivity contribution in [2.45, 2.75) is 42.4 Å². The second-order valence-corrected chi connectivity index (χ2v) is 8.80. The number of sulfonamides is 1. The maximum absolute atomic E-state index is 12.3. The van der Waals surface area contributed by atoms with Gasteiger partial charge in [-0.2, -0.15) is 11.8 Å². The summed E-state index contributed by atoms with van der Waals surface area (Å²) < 4.78 is 27.2. The Hall–Kier alpha value is -0.570. The minimum atomic E-state index is -3.74. The van der Waals surface area contributed by atoms with Gasteiger partial charge < -0.3 is 5.11 Å². The number of carbonyl (C=O) groups is 1. The molecule has 2 unspecified atom stereocenters. The van der Waals surface area contributed by atoms with Gasteiger partial charge in [0.05, 0.1) is 0 Å². The van der Waals surface area contributed by atoms with Crippen LogP contribution in [0.15, 0.2) is 16.3 Å². The number of aromatic carboxylic acids is 1. The van der Waals surface area contributed by atoms with E-state index >= 15 is 0 Å². The Morgan fingerprint density at radius 3 is 2.95 bits per heavy atom. The molecule has 2 atom stereocenters. The molecule has 1 fully saturated rings. The minimum absolute atomic E-state index is 0.0920. The summed E-state index contributed by atoms with van der Waals surface area (Å²) in [6.45, 7) is 2.09. The third-order valence-electron chi connectivity index (χ3n) is 3.22. The maximum Gasteiger partial charge on any atom is 0.347 e. The summed E-state index contributed by atoms with van der Waals surface area (Å²) in [5.74, 6) is -0.177. The molecule has 1 aromatic rings. The van der Waals surface area contributed by atoms with E-state index in [1.807, 2.05) is 11.8 Å². The second kappa shape index (κ2) is 6.46. The largest absolute Gasteiger partial charge is 0.477 e. The van der Waals surface area contributed by atoms with Gasteiger partial charge in [-0.25, -0.2) is 17.9 Å². The number of hydrogen-bond acceptors (Lipinski definition) is 5. The first-order valence-corrected chi connectivity index (χ1v) is 9.80. The fourth-order valence-corrected chi connectivity index (χ4v) is 6.07. The molecule has 1 aliphatic carbocycles.